The number of hydrogen-bond donors (Lipinski definition) is 3. The van der Waals surface area contributed by atoms with E-state index in [1.807, 2.05) is 0 Å². The van der Waals surface area contributed by atoms with Crippen LogP contribution in [0, 0.1) is 17.3 Å². The van der Waals surface area contributed by atoms with Gasteiger partial charge in [-0.1, -0.05) is 19.9 Å². The van der Waals surface area contributed by atoms with Crippen LogP contribution >= 0.6 is 0 Å². The maximum absolute atomic E-state index is 12.0. The van der Waals surface area contributed by atoms with Crippen molar-refractivity contribution >= 4 is 17.6 Å². The topological polar surface area (TPSA) is 86.6 Å². The number of hydrogen-bond acceptors (Lipinski definition) is 3. The van der Waals surface area contributed by atoms with Gasteiger partial charge in [-0.25, -0.2) is 0 Å². The third-order valence-electron chi connectivity index (χ3n) is 3.49. The quantitative estimate of drug-likeness (QED) is 0.760. The lowest BCUT2D eigenvalue weighted by molar-refractivity contribution is -0.140. The summed E-state index contributed by atoms with van der Waals surface area (Å²) in [4.78, 5) is 22.9. The first kappa shape index (κ1) is 12.4. The second-order valence-electron chi connectivity index (χ2n) is 5.15. The number of benzene rings is 1. The molecule has 1 aliphatic rings. The zero-order valence-electron chi connectivity index (χ0n) is 10.2. The van der Waals surface area contributed by atoms with Gasteiger partial charge in [-0.05, 0) is 17.5 Å². The zero-order valence-corrected chi connectivity index (χ0v) is 10.2. The first-order valence-corrected chi connectivity index (χ1v) is 5.66. The molecule has 0 heterocycles. The van der Waals surface area contributed by atoms with Crippen LogP contribution < -0.4 is 5.32 Å². The molecule has 0 aliphatic heterocycles. The molecule has 0 spiro atoms. The van der Waals surface area contributed by atoms with Crippen LogP contribution in [-0.2, 0) is 9.59 Å². The van der Waals surface area contributed by atoms with Gasteiger partial charge in [0.25, 0.3) is 0 Å². The van der Waals surface area contributed by atoms with E-state index < -0.39 is 23.2 Å². The lowest BCUT2D eigenvalue weighted by Crippen LogP contribution is -2.17. The number of rotatable bonds is 3. The van der Waals surface area contributed by atoms with Crippen molar-refractivity contribution in [1.82, 2.24) is 0 Å². The smallest absolute Gasteiger partial charge is 0.307 e. The van der Waals surface area contributed by atoms with E-state index in [9.17, 15) is 14.7 Å². The molecule has 0 unspecified atom stereocenters. The molecule has 1 amide bonds. The van der Waals surface area contributed by atoms with Crippen molar-refractivity contribution < 1.29 is 19.8 Å². The predicted molar refractivity (Wildman–Crippen MR) is 65.1 cm³/mol. The fraction of sp³-hybridized carbons (Fsp3) is 0.385. The number of amides is 1. The Morgan fingerprint density at radius 2 is 1.94 bits per heavy atom. The lowest BCUT2D eigenvalue weighted by atomic mass is 10.1. The first-order valence-electron chi connectivity index (χ1n) is 5.66. The van der Waals surface area contributed by atoms with Crippen LogP contribution in [0.1, 0.15) is 13.8 Å². The summed E-state index contributed by atoms with van der Waals surface area (Å²) in [5, 5.41) is 20.9. The van der Waals surface area contributed by atoms with Crippen LogP contribution in [0.2, 0.25) is 0 Å². The van der Waals surface area contributed by atoms with Gasteiger partial charge in [0.1, 0.15) is 5.75 Å². The Labute approximate surface area is 104 Å². The highest BCUT2D eigenvalue weighted by Crippen LogP contribution is 2.58. The Kier molecular flexibility index (Phi) is 2.77. The molecular formula is C13H15NO4. The normalized spacial score (nSPS) is 24.3. The Morgan fingerprint density at radius 1 is 1.28 bits per heavy atom. The molecule has 1 aromatic rings. The van der Waals surface area contributed by atoms with Gasteiger partial charge in [-0.15, -0.1) is 0 Å². The zero-order chi connectivity index (χ0) is 13.5. The fourth-order valence-electron chi connectivity index (χ4n) is 2.39. The highest BCUT2D eigenvalue weighted by atomic mass is 16.4. The molecule has 0 saturated heterocycles. The molecule has 1 aromatic carbocycles. The number of nitrogens with one attached hydrogen (secondary N) is 1. The van der Waals surface area contributed by atoms with E-state index in [0.29, 0.717) is 5.69 Å². The van der Waals surface area contributed by atoms with Crippen LogP contribution in [0.15, 0.2) is 24.3 Å². The third-order valence-corrected chi connectivity index (χ3v) is 3.49. The summed E-state index contributed by atoms with van der Waals surface area (Å²) in [6.45, 7) is 3.52. The second kappa shape index (κ2) is 4.01. The number of aromatic hydroxyl groups is 1. The van der Waals surface area contributed by atoms with Crippen molar-refractivity contribution in [3.05, 3.63) is 24.3 Å². The van der Waals surface area contributed by atoms with Gasteiger partial charge in [0.05, 0.1) is 11.8 Å². The molecule has 3 N–H and O–H groups in total. The molecule has 0 bridgehead atoms. The number of phenols is 1. The average Bonchev–Trinajstić information content (AvgIpc) is 2.81. The van der Waals surface area contributed by atoms with Crippen molar-refractivity contribution in [2.45, 2.75) is 13.8 Å². The molecule has 0 aromatic heterocycles. The predicted octanol–water partition coefficient (Wildman–Crippen LogP) is 1.69. The summed E-state index contributed by atoms with van der Waals surface area (Å²) in [6.07, 6.45) is 0. The number of aliphatic carboxylic acids is 1. The van der Waals surface area contributed by atoms with Crippen LogP contribution in [0.5, 0.6) is 5.75 Å². The van der Waals surface area contributed by atoms with Gasteiger partial charge in [0, 0.05) is 11.8 Å². The van der Waals surface area contributed by atoms with Crippen molar-refractivity contribution in [2.24, 2.45) is 17.3 Å². The SMILES string of the molecule is CC1(C)[C@H](C(=O)Nc2cccc(O)c2)[C@@H]1C(=O)O. The van der Waals surface area contributed by atoms with E-state index in [-0.39, 0.29) is 11.7 Å². The van der Waals surface area contributed by atoms with Gasteiger partial charge in [-0.2, -0.15) is 0 Å². The van der Waals surface area contributed by atoms with Crippen LogP contribution in [0.25, 0.3) is 0 Å². The Hall–Kier alpha value is -2.04. The molecule has 5 heteroatoms. The molecule has 1 aliphatic carbocycles. The number of phenolic OH excluding ortho intramolecular Hbond substituents is 1. The number of carbonyl (C=O) groups excluding carboxylic acids is 1. The molecule has 1 saturated carbocycles. The average molecular weight is 249 g/mol. The molecule has 1 fully saturated rings. The van der Waals surface area contributed by atoms with E-state index in [1.165, 1.54) is 12.1 Å². The molecule has 96 valence electrons. The standard InChI is InChI=1S/C13H15NO4/c1-13(2)9(10(13)12(17)18)11(16)14-7-4-3-5-8(15)6-7/h3-6,9-10,15H,1-2H3,(H,14,16)(H,17,18)/t9-,10+/m0/s1. The van der Waals surface area contributed by atoms with Gasteiger partial charge < -0.3 is 15.5 Å². The summed E-state index contributed by atoms with van der Waals surface area (Å²) in [5.41, 5.74) is -0.0564. The number of carboxylic acids is 1. The summed E-state index contributed by atoms with van der Waals surface area (Å²) in [7, 11) is 0. The highest BCUT2D eigenvalue weighted by molar-refractivity contribution is 5.99. The minimum Gasteiger partial charge on any atom is -0.508 e. The molecule has 2 atom stereocenters. The third kappa shape index (κ3) is 2.03. The minimum atomic E-state index is -0.948. The van der Waals surface area contributed by atoms with Gasteiger partial charge in [0.2, 0.25) is 5.91 Å². The molecule has 2 rings (SSSR count). The summed E-state index contributed by atoms with van der Waals surface area (Å²) < 4.78 is 0. The van der Waals surface area contributed by atoms with E-state index in [1.54, 1.807) is 26.0 Å². The second-order valence-corrected chi connectivity index (χ2v) is 5.15. The van der Waals surface area contributed by atoms with Crippen LogP contribution in [-0.4, -0.2) is 22.1 Å². The molecule has 0 radical (unpaired) electrons. The van der Waals surface area contributed by atoms with E-state index in [0.717, 1.165) is 0 Å². The number of anilines is 1. The van der Waals surface area contributed by atoms with Gasteiger partial charge in [0.15, 0.2) is 0 Å². The highest BCUT2D eigenvalue weighted by Gasteiger charge is 2.65. The Morgan fingerprint density at radius 3 is 2.44 bits per heavy atom. The molecular weight excluding hydrogens is 234 g/mol. The van der Waals surface area contributed by atoms with Crippen LogP contribution in [0.4, 0.5) is 5.69 Å². The van der Waals surface area contributed by atoms with Gasteiger partial charge in [-0.3, -0.25) is 9.59 Å². The Bertz CT molecular complexity index is 509. The summed E-state index contributed by atoms with van der Waals surface area (Å²) in [6, 6.07) is 6.17. The molecule has 5 nitrogen and oxygen atoms in total. The lowest BCUT2D eigenvalue weighted by Gasteiger charge is -2.06. The van der Waals surface area contributed by atoms with E-state index >= 15 is 0 Å². The van der Waals surface area contributed by atoms with E-state index in [2.05, 4.69) is 5.32 Å². The van der Waals surface area contributed by atoms with Crippen LogP contribution in [0.3, 0.4) is 0 Å². The van der Waals surface area contributed by atoms with Gasteiger partial charge >= 0.3 is 5.97 Å². The van der Waals surface area contributed by atoms with Crippen molar-refractivity contribution in [3.8, 4) is 5.75 Å². The maximum Gasteiger partial charge on any atom is 0.307 e. The maximum atomic E-state index is 12.0. The summed E-state index contributed by atoms with van der Waals surface area (Å²) in [5.74, 6) is -2.39. The minimum absolute atomic E-state index is 0.0534. The van der Waals surface area contributed by atoms with Crippen molar-refractivity contribution in [1.29, 1.82) is 0 Å². The first-order chi connectivity index (χ1) is 8.34. The molecule has 18 heavy (non-hydrogen) atoms. The largest absolute Gasteiger partial charge is 0.508 e. The Balaban J connectivity index is 2.08. The fourth-order valence-corrected chi connectivity index (χ4v) is 2.39. The monoisotopic (exact) mass is 249 g/mol. The number of carboxylic acid groups (broad SMARTS) is 1. The van der Waals surface area contributed by atoms with E-state index in [4.69, 9.17) is 5.11 Å². The van der Waals surface area contributed by atoms with Crippen molar-refractivity contribution in [3.63, 3.8) is 0 Å². The summed E-state index contributed by atoms with van der Waals surface area (Å²) >= 11 is 0. The number of carbonyl (C=O) groups is 2. The van der Waals surface area contributed by atoms with Crippen molar-refractivity contribution in [2.75, 3.05) is 5.32 Å².